The van der Waals surface area contributed by atoms with Gasteiger partial charge in [-0.3, -0.25) is 19.2 Å². The van der Waals surface area contributed by atoms with Crippen molar-refractivity contribution in [2.75, 3.05) is 39.8 Å². The van der Waals surface area contributed by atoms with Gasteiger partial charge in [0.2, 0.25) is 5.91 Å². The lowest BCUT2D eigenvalue weighted by molar-refractivity contribution is 0.0801. The number of aromatic nitrogens is 2. The van der Waals surface area contributed by atoms with Crippen molar-refractivity contribution in [2.45, 2.75) is 0 Å². The molecule has 6 nitrogen and oxygen atoms in total. The second-order valence-electron chi connectivity index (χ2n) is 8.45. The molecule has 32 heavy (non-hydrogen) atoms. The van der Waals surface area contributed by atoms with E-state index in [1.165, 1.54) is 0 Å². The van der Waals surface area contributed by atoms with Gasteiger partial charge in [0.05, 0.1) is 12.1 Å². The number of nitrogens with two attached hydrogens (primary N) is 1. The van der Waals surface area contributed by atoms with Crippen LogP contribution < -0.4 is 5.73 Å². The van der Waals surface area contributed by atoms with Crippen LogP contribution in [0, 0.1) is 0 Å². The summed E-state index contributed by atoms with van der Waals surface area (Å²) in [4.78, 5) is 21.9. The Kier molecular flexibility index (Phi) is 5.47. The number of fused-ring (bicyclic) bond motifs is 2. The topological polar surface area (TPSA) is 67.4 Å². The Hall–Kier alpha value is -3.48. The zero-order valence-electron chi connectivity index (χ0n) is 18.2. The van der Waals surface area contributed by atoms with E-state index < -0.39 is 0 Å². The third-order valence-corrected chi connectivity index (χ3v) is 6.27. The molecular formula is C26H27N5O. The van der Waals surface area contributed by atoms with Crippen LogP contribution >= 0.6 is 0 Å². The molecule has 0 radical (unpaired) electrons. The van der Waals surface area contributed by atoms with Crippen molar-refractivity contribution >= 4 is 39.4 Å². The minimum absolute atomic E-state index is 0.0704. The lowest BCUT2D eigenvalue weighted by Crippen LogP contribution is -2.46. The van der Waals surface area contributed by atoms with E-state index in [1.54, 1.807) is 10.8 Å². The molecule has 2 aromatic carbocycles. The Balaban J connectivity index is 1.51. The van der Waals surface area contributed by atoms with Crippen LogP contribution in [0.15, 0.2) is 67.1 Å². The van der Waals surface area contributed by atoms with Gasteiger partial charge in [-0.2, -0.15) is 0 Å². The van der Waals surface area contributed by atoms with Crippen LogP contribution in [0.4, 0.5) is 0 Å². The summed E-state index contributed by atoms with van der Waals surface area (Å²) in [5, 5.41) is 3.15. The van der Waals surface area contributed by atoms with E-state index in [2.05, 4.69) is 21.8 Å². The standard InChI is InChI=1S/C26H27N5O/c1-29-11-13-30(14-12-29)18-26(32)31-17-23(22-7-2-3-8-25(22)31)24(27)15-19-5-4-6-20-16-28-10-9-21(19)20/h2-10,15-17H,11-14,18,27H2,1H3/b24-15-. The van der Waals surface area contributed by atoms with Gasteiger partial charge in [-0.05, 0) is 36.2 Å². The Bertz CT molecular complexity index is 1310. The second kappa shape index (κ2) is 8.57. The highest BCUT2D eigenvalue weighted by Crippen LogP contribution is 2.28. The highest BCUT2D eigenvalue weighted by molar-refractivity contribution is 6.03. The maximum atomic E-state index is 13.2. The maximum absolute atomic E-state index is 13.2. The Labute approximate surface area is 187 Å². The fourth-order valence-electron chi connectivity index (χ4n) is 4.41. The summed E-state index contributed by atoms with van der Waals surface area (Å²) < 4.78 is 1.76. The zero-order valence-corrected chi connectivity index (χ0v) is 18.2. The number of carbonyl (C=O) groups excluding carboxylic acids is 1. The van der Waals surface area contributed by atoms with Gasteiger partial charge < -0.3 is 10.6 Å². The van der Waals surface area contributed by atoms with Crippen molar-refractivity contribution in [3.05, 3.63) is 78.2 Å². The third-order valence-electron chi connectivity index (χ3n) is 6.27. The normalized spacial score (nSPS) is 16.1. The first-order valence-electron chi connectivity index (χ1n) is 10.9. The SMILES string of the molecule is CN1CCN(CC(=O)n2cc(/C(N)=C/c3cccc4cnccc34)c3ccccc32)CC1. The quantitative estimate of drug-likeness (QED) is 0.542. The number of para-hydroxylation sites is 1. The third kappa shape index (κ3) is 3.90. The summed E-state index contributed by atoms with van der Waals surface area (Å²) in [6.07, 6.45) is 7.52. The number of benzene rings is 2. The van der Waals surface area contributed by atoms with Crippen molar-refractivity contribution in [1.29, 1.82) is 0 Å². The molecule has 1 aliphatic rings. The number of hydrogen-bond acceptors (Lipinski definition) is 5. The van der Waals surface area contributed by atoms with Crippen LogP contribution in [0.3, 0.4) is 0 Å². The Morgan fingerprint density at radius 3 is 2.69 bits per heavy atom. The molecular weight excluding hydrogens is 398 g/mol. The van der Waals surface area contributed by atoms with E-state index in [9.17, 15) is 4.79 Å². The summed E-state index contributed by atoms with van der Waals surface area (Å²) >= 11 is 0. The van der Waals surface area contributed by atoms with Gasteiger partial charge in [0.15, 0.2) is 0 Å². The van der Waals surface area contributed by atoms with Gasteiger partial charge in [-0.15, -0.1) is 0 Å². The maximum Gasteiger partial charge on any atom is 0.245 e. The molecule has 6 heteroatoms. The van der Waals surface area contributed by atoms with Gasteiger partial charge >= 0.3 is 0 Å². The van der Waals surface area contributed by atoms with Crippen LogP contribution in [-0.2, 0) is 0 Å². The second-order valence-corrected chi connectivity index (χ2v) is 8.45. The zero-order chi connectivity index (χ0) is 22.1. The first kappa shape index (κ1) is 20.4. The first-order valence-corrected chi connectivity index (χ1v) is 10.9. The smallest absolute Gasteiger partial charge is 0.245 e. The van der Waals surface area contributed by atoms with Crippen molar-refractivity contribution in [3.8, 4) is 0 Å². The van der Waals surface area contributed by atoms with Gasteiger partial charge in [0, 0.05) is 66.8 Å². The number of hydrogen-bond donors (Lipinski definition) is 1. The fourth-order valence-corrected chi connectivity index (χ4v) is 4.41. The van der Waals surface area contributed by atoms with E-state index in [1.807, 2.05) is 67.0 Å². The first-order chi connectivity index (χ1) is 15.6. The molecule has 162 valence electrons. The van der Waals surface area contributed by atoms with E-state index in [0.29, 0.717) is 12.2 Å². The lowest BCUT2D eigenvalue weighted by Gasteiger charge is -2.31. The molecule has 0 bridgehead atoms. The van der Waals surface area contributed by atoms with Crippen LogP contribution in [0.1, 0.15) is 15.9 Å². The largest absolute Gasteiger partial charge is 0.398 e. The van der Waals surface area contributed by atoms with Gasteiger partial charge in [-0.1, -0.05) is 36.4 Å². The summed E-state index contributed by atoms with van der Waals surface area (Å²) in [7, 11) is 2.12. The number of rotatable bonds is 4. The molecule has 2 N–H and O–H groups in total. The molecule has 1 aliphatic heterocycles. The van der Waals surface area contributed by atoms with Crippen LogP contribution in [0.5, 0.6) is 0 Å². The van der Waals surface area contributed by atoms with Crippen molar-refractivity contribution in [3.63, 3.8) is 0 Å². The lowest BCUT2D eigenvalue weighted by atomic mass is 10.0. The minimum Gasteiger partial charge on any atom is -0.398 e. The van der Waals surface area contributed by atoms with Crippen molar-refractivity contribution in [1.82, 2.24) is 19.4 Å². The summed E-state index contributed by atoms with van der Waals surface area (Å²) in [6, 6.07) is 16.0. The van der Waals surface area contributed by atoms with E-state index in [4.69, 9.17) is 5.73 Å². The Morgan fingerprint density at radius 1 is 1.03 bits per heavy atom. The number of nitrogens with zero attached hydrogens (tertiary/aromatic N) is 4. The molecule has 0 saturated carbocycles. The summed E-state index contributed by atoms with van der Waals surface area (Å²) in [6.45, 7) is 4.20. The number of pyridine rings is 1. The molecule has 1 saturated heterocycles. The summed E-state index contributed by atoms with van der Waals surface area (Å²) in [5.74, 6) is 0.0704. The van der Waals surface area contributed by atoms with Crippen molar-refractivity contribution < 1.29 is 4.79 Å². The van der Waals surface area contributed by atoms with Gasteiger partial charge in [-0.25, -0.2) is 0 Å². The van der Waals surface area contributed by atoms with E-state index >= 15 is 0 Å². The predicted molar refractivity (Wildman–Crippen MR) is 130 cm³/mol. The van der Waals surface area contributed by atoms with Gasteiger partial charge in [0.25, 0.3) is 0 Å². The highest BCUT2D eigenvalue weighted by atomic mass is 16.2. The summed E-state index contributed by atoms with van der Waals surface area (Å²) in [5.41, 5.74) is 10.0. The molecule has 5 rings (SSSR count). The number of likely N-dealkylation sites (N-methyl/N-ethyl adjacent to an activating group) is 1. The number of carbonyl (C=O) groups is 1. The molecule has 4 aromatic rings. The number of piperazine rings is 1. The average Bonchev–Trinajstić information content (AvgIpc) is 3.21. The molecule has 0 aliphatic carbocycles. The highest BCUT2D eigenvalue weighted by Gasteiger charge is 2.20. The molecule has 1 fully saturated rings. The molecule has 2 aromatic heterocycles. The van der Waals surface area contributed by atoms with Crippen LogP contribution in [-0.4, -0.2) is 65.0 Å². The van der Waals surface area contributed by atoms with E-state index in [-0.39, 0.29) is 5.91 Å². The van der Waals surface area contributed by atoms with Crippen LogP contribution in [0.25, 0.3) is 33.4 Å². The fraction of sp³-hybridized carbons (Fsp3) is 0.231. The Morgan fingerprint density at radius 2 is 1.84 bits per heavy atom. The molecule has 0 amide bonds. The molecule has 0 atom stereocenters. The predicted octanol–water partition coefficient (Wildman–Crippen LogP) is 3.53. The molecule has 0 spiro atoms. The van der Waals surface area contributed by atoms with Crippen LogP contribution in [0.2, 0.25) is 0 Å². The minimum atomic E-state index is 0.0704. The monoisotopic (exact) mass is 425 g/mol. The average molecular weight is 426 g/mol. The van der Waals surface area contributed by atoms with Crippen molar-refractivity contribution in [2.24, 2.45) is 5.73 Å². The van der Waals surface area contributed by atoms with Gasteiger partial charge in [0.1, 0.15) is 0 Å². The van der Waals surface area contributed by atoms with E-state index in [0.717, 1.165) is 59.0 Å². The molecule has 3 heterocycles. The molecule has 0 unspecified atom stereocenters.